The highest BCUT2D eigenvalue weighted by Crippen LogP contribution is 2.25. The molecule has 0 N–H and O–H groups in total. The maximum atomic E-state index is 12.4. The highest BCUT2D eigenvalue weighted by molar-refractivity contribution is 9.11. The fourth-order valence-electron chi connectivity index (χ4n) is 2.22. The fraction of sp³-hybridized carbons (Fsp3) is 0.462. The Morgan fingerprint density at radius 2 is 2.28 bits per heavy atom. The monoisotopic (exact) mass is 375 g/mol. The van der Waals surface area contributed by atoms with Crippen molar-refractivity contribution in [3.63, 3.8) is 0 Å². The van der Waals surface area contributed by atoms with E-state index in [9.17, 15) is 4.79 Å². The lowest BCUT2D eigenvalue weighted by Gasteiger charge is -2.17. The first-order chi connectivity index (χ1) is 8.61. The number of halogens is 2. The van der Waals surface area contributed by atoms with Crippen LogP contribution in [0.1, 0.15) is 16.8 Å². The lowest BCUT2D eigenvalue weighted by molar-refractivity contribution is 0.0774. The lowest BCUT2D eigenvalue weighted by atomic mass is 10.1. The number of nitrogens with zero attached hydrogens (tertiary/aromatic N) is 1. The number of hydrogen-bond donors (Lipinski definition) is 0. The van der Waals surface area contributed by atoms with Crippen molar-refractivity contribution >= 4 is 37.8 Å². The van der Waals surface area contributed by atoms with Crippen molar-refractivity contribution in [1.82, 2.24) is 4.90 Å². The first-order valence-electron chi connectivity index (χ1n) is 5.85. The maximum absolute atomic E-state index is 12.4. The first kappa shape index (κ1) is 14.0. The highest BCUT2D eigenvalue weighted by Gasteiger charge is 2.27. The SMILES string of the molecule is COCC1CCN(C(=O)c2cc(Br)ccc2Br)C1. The van der Waals surface area contributed by atoms with Gasteiger partial charge in [0.15, 0.2) is 0 Å². The maximum Gasteiger partial charge on any atom is 0.255 e. The topological polar surface area (TPSA) is 29.5 Å². The van der Waals surface area contributed by atoms with Crippen molar-refractivity contribution in [3.8, 4) is 0 Å². The molecule has 1 fully saturated rings. The molecule has 1 heterocycles. The molecule has 0 aromatic heterocycles. The molecule has 1 unspecified atom stereocenters. The Labute approximate surface area is 124 Å². The van der Waals surface area contributed by atoms with Gasteiger partial charge >= 0.3 is 0 Å². The van der Waals surface area contributed by atoms with Gasteiger partial charge in [0.2, 0.25) is 0 Å². The van der Waals surface area contributed by atoms with Crippen molar-refractivity contribution in [2.45, 2.75) is 6.42 Å². The van der Waals surface area contributed by atoms with Crippen LogP contribution in [0.15, 0.2) is 27.1 Å². The smallest absolute Gasteiger partial charge is 0.255 e. The van der Waals surface area contributed by atoms with Gasteiger partial charge in [-0.3, -0.25) is 4.79 Å². The van der Waals surface area contributed by atoms with Crippen molar-refractivity contribution in [2.75, 3.05) is 26.8 Å². The second-order valence-corrected chi connectivity index (χ2v) is 6.26. The van der Waals surface area contributed by atoms with Gasteiger partial charge in [0.05, 0.1) is 12.2 Å². The average molecular weight is 377 g/mol. The summed E-state index contributed by atoms with van der Waals surface area (Å²) in [5.74, 6) is 0.548. The Morgan fingerprint density at radius 3 is 3.00 bits per heavy atom. The predicted molar refractivity (Wildman–Crippen MR) is 77.7 cm³/mol. The third-order valence-electron chi connectivity index (χ3n) is 3.13. The predicted octanol–water partition coefficient (Wildman–Crippen LogP) is 3.32. The van der Waals surface area contributed by atoms with E-state index in [0.717, 1.165) is 35.1 Å². The molecular weight excluding hydrogens is 362 g/mol. The van der Waals surface area contributed by atoms with E-state index >= 15 is 0 Å². The van der Waals surface area contributed by atoms with E-state index in [1.165, 1.54) is 0 Å². The summed E-state index contributed by atoms with van der Waals surface area (Å²) < 4.78 is 6.90. The van der Waals surface area contributed by atoms with Gasteiger partial charge in [0, 0.05) is 35.1 Å². The molecule has 0 saturated carbocycles. The minimum Gasteiger partial charge on any atom is -0.384 e. The third kappa shape index (κ3) is 3.13. The summed E-state index contributed by atoms with van der Waals surface area (Å²) in [6.07, 6.45) is 1.02. The van der Waals surface area contributed by atoms with Crippen LogP contribution in [-0.4, -0.2) is 37.6 Å². The van der Waals surface area contributed by atoms with Crippen LogP contribution in [0, 0.1) is 5.92 Å². The number of amides is 1. The van der Waals surface area contributed by atoms with Gasteiger partial charge in [0.25, 0.3) is 5.91 Å². The first-order valence-corrected chi connectivity index (χ1v) is 7.43. The standard InChI is InChI=1S/C13H15Br2NO2/c1-18-8-9-4-5-16(7-9)13(17)11-6-10(14)2-3-12(11)15/h2-3,6,9H,4-5,7-8H2,1H3. The van der Waals surface area contributed by atoms with Crippen LogP contribution in [0.5, 0.6) is 0 Å². The van der Waals surface area contributed by atoms with Gasteiger partial charge < -0.3 is 9.64 Å². The molecule has 1 aromatic carbocycles. The van der Waals surface area contributed by atoms with Crippen LogP contribution in [-0.2, 0) is 4.74 Å². The number of hydrogen-bond acceptors (Lipinski definition) is 2. The van der Waals surface area contributed by atoms with E-state index in [0.29, 0.717) is 11.5 Å². The van der Waals surface area contributed by atoms with Gasteiger partial charge in [-0.1, -0.05) is 15.9 Å². The van der Waals surface area contributed by atoms with E-state index in [-0.39, 0.29) is 5.91 Å². The molecule has 1 atom stereocenters. The Hall–Kier alpha value is -0.390. The zero-order valence-corrected chi connectivity index (χ0v) is 13.3. The zero-order chi connectivity index (χ0) is 13.1. The van der Waals surface area contributed by atoms with Crippen LogP contribution < -0.4 is 0 Å². The van der Waals surface area contributed by atoms with Gasteiger partial charge in [-0.25, -0.2) is 0 Å². The zero-order valence-electron chi connectivity index (χ0n) is 10.2. The fourth-order valence-corrected chi connectivity index (χ4v) is 3.00. The lowest BCUT2D eigenvalue weighted by Crippen LogP contribution is -2.29. The summed E-state index contributed by atoms with van der Waals surface area (Å²) in [5, 5.41) is 0. The average Bonchev–Trinajstić information content (AvgIpc) is 2.80. The number of carbonyl (C=O) groups is 1. The summed E-state index contributed by atoms with van der Waals surface area (Å²) in [7, 11) is 1.70. The van der Waals surface area contributed by atoms with Gasteiger partial charge in [-0.2, -0.15) is 0 Å². The Morgan fingerprint density at radius 1 is 1.50 bits per heavy atom. The molecule has 1 aromatic rings. The molecule has 18 heavy (non-hydrogen) atoms. The summed E-state index contributed by atoms with van der Waals surface area (Å²) in [6, 6.07) is 5.66. The van der Waals surface area contributed by atoms with E-state index in [1.807, 2.05) is 23.1 Å². The molecule has 3 nitrogen and oxygen atoms in total. The van der Waals surface area contributed by atoms with Gasteiger partial charge in [-0.05, 0) is 40.5 Å². The van der Waals surface area contributed by atoms with E-state index in [2.05, 4.69) is 31.9 Å². The van der Waals surface area contributed by atoms with Gasteiger partial charge in [-0.15, -0.1) is 0 Å². The highest BCUT2D eigenvalue weighted by atomic mass is 79.9. The Bertz CT molecular complexity index is 451. The molecule has 1 aliphatic rings. The van der Waals surface area contributed by atoms with Crippen LogP contribution in [0.3, 0.4) is 0 Å². The minimum atomic E-state index is 0.0850. The molecule has 0 aliphatic carbocycles. The summed E-state index contributed by atoms with van der Waals surface area (Å²) >= 11 is 6.83. The number of rotatable bonds is 3. The van der Waals surface area contributed by atoms with Crippen LogP contribution in [0.25, 0.3) is 0 Å². The Kier molecular flexibility index (Phi) is 4.81. The van der Waals surface area contributed by atoms with E-state index < -0.39 is 0 Å². The summed E-state index contributed by atoms with van der Waals surface area (Å²) in [6.45, 7) is 2.32. The van der Waals surface area contributed by atoms with E-state index in [4.69, 9.17) is 4.74 Å². The summed E-state index contributed by atoms with van der Waals surface area (Å²) in [4.78, 5) is 14.3. The normalized spacial score (nSPS) is 19.3. The molecule has 98 valence electrons. The molecular formula is C13H15Br2NO2. The molecule has 5 heteroatoms. The van der Waals surface area contributed by atoms with Gasteiger partial charge in [0.1, 0.15) is 0 Å². The number of benzene rings is 1. The molecule has 0 spiro atoms. The molecule has 1 amide bonds. The van der Waals surface area contributed by atoms with Crippen LogP contribution >= 0.6 is 31.9 Å². The van der Waals surface area contributed by atoms with Crippen molar-refractivity contribution in [2.24, 2.45) is 5.92 Å². The Balaban J connectivity index is 2.10. The molecule has 0 radical (unpaired) electrons. The molecule has 0 bridgehead atoms. The van der Waals surface area contributed by atoms with Crippen LogP contribution in [0.2, 0.25) is 0 Å². The quantitative estimate of drug-likeness (QED) is 0.809. The number of methoxy groups -OCH3 is 1. The second kappa shape index (κ2) is 6.17. The largest absolute Gasteiger partial charge is 0.384 e. The summed E-state index contributed by atoms with van der Waals surface area (Å²) in [5.41, 5.74) is 0.711. The second-order valence-electron chi connectivity index (χ2n) is 4.49. The van der Waals surface area contributed by atoms with Crippen molar-refractivity contribution in [3.05, 3.63) is 32.7 Å². The minimum absolute atomic E-state index is 0.0850. The van der Waals surface area contributed by atoms with Crippen molar-refractivity contribution < 1.29 is 9.53 Å². The third-order valence-corrected chi connectivity index (χ3v) is 4.32. The molecule has 1 saturated heterocycles. The number of ether oxygens (including phenoxy) is 1. The van der Waals surface area contributed by atoms with Crippen molar-refractivity contribution in [1.29, 1.82) is 0 Å². The van der Waals surface area contributed by atoms with Crippen LogP contribution in [0.4, 0.5) is 0 Å². The molecule has 1 aliphatic heterocycles. The molecule has 2 rings (SSSR count). The number of carbonyl (C=O) groups excluding carboxylic acids is 1. The number of likely N-dealkylation sites (tertiary alicyclic amines) is 1. The van der Waals surface area contributed by atoms with E-state index in [1.54, 1.807) is 7.11 Å².